The summed E-state index contributed by atoms with van der Waals surface area (Å²) in [6.45, 7) is 1.80. The normalized spacial score (nSPS) is 12.3. The lowest BCUT2D eigenvalue weighted by molar-refractivity contribution is 0.0936. The first kappa shape index (κ1) is 14.5. The van der Waals surface area contributed by atoms with Crippen LogP contribution in [0.15, 0.2) is 42.5 Å². The van der Waals surface area contributed by atoms with Gasteiger partial charge in [-0.1, -0.05) is 35.9 Å². The van der Waals surface area contributed by atoms with Crippen LogP contribution in [0, 0.1) is 5.82 Å². The highest BCUT2D eigenvalue weighted by Gasteiger charge is 2.17. The van der Waals surface area contributed by atoms with Crippen LogP contribution in [-0.2, 0) is 0 Å². The van der Waals surface area contributed by atoms with Crippen LogP contribution in [0.3, 0.4) is 0 Å². The van der Waals surface area contributed by atoms with E-state index in [0.29, 0.717) is 5.69 Å². The van der Waals surface area contributed by atoms with Gasteiger partial charge in [0.15, 0.2) is 5.69 Å². The molecule has 0 fully saturated rings. The molecular formula is C16H13ClFN3O. The molecule has 0 saturated carbocycles. The van der Waals surface area contributed by atoms with Gasteiger partial charge in [0.1, 0.15) is 5.82 Å². The van der Waals surface area contributed by atoms with Gasteiger partial charge in [0.05, 0.1) is 16.6 Å². The summed E-state index contributed by atoms with van der Waals surface area (Å²) < 4.78 is 13.2. The number of hydrogen-bond donors (Lipinski definition) is 2. The van der Waals surface area contributed by atoms with Crippen molar-refractivity contribution < 1.29 is 9.18 Å². The number of nitrogens with zero attached hydrogens (tertiary/aromatic N) is 1. The zero-order valence-corrected chi connectivity index (χ0v) is 12.5. The van der Waals surface area contributed by atoms with Crippen LogP contribution < -0.4 is 5.32 Å². The molecule has 1 heterocycles. The molecule has 0 saturated heterocycles. The summed E-state index contributed by atoms with van der Waals surface area (Å²) in [6, 6.07) is 11.4. The lowest BCUT2D eigenvalue weighted by Gasteiger charge is -2.14. The second-order valence-corrected chi connectivity index (χ2v) is 5.39. The van der Waals surface area contributed by atoms with Crippen LogP contribution >= 0.6 is 11.6 Å². The van der Waals surface area contributed by atoms with Crippen molar-refractivity contribution in [2.45, 2.75) is 13.0 Å². The largest absolute Gasteiger partial charge is 0.344 e. The summed E-state index contributed by atoms with van der Waals surface area (Å²) in [7, 11) is 0. The van der Waals surface area contributed by atoms with Gasteiger partial charge in [-0.05, 0) is 30.7 Å². The van der Waals surface area contributed by atoms with Crippen molar-refractivity contribution >= 4 is 28.4 Å². The van der Waals surface area contributed by atoms with E-state index in [1.807, 2.05) is 24.3 Å². The van der Waals surface area contributed by atoms with Gasteiger partial charge in [0, 0.05) is 5.39 Å². The van der Waals surface area contributed by atoms with E-state index in [1.165, 1.54) is 12.1 Å². The van der Waals surface area contributed by atoms with Gasteiger partial charge >= 0.3 is 0 Å². The molecule has 1 unspecified atom stereocenters. The molecule has 1 amide bonds. The molecule has 2 N–H and O–H groups in total. The second-order valence-electron chi connectivity index (χ2n) is 4.99. The standard InChI is InChI=1S/C16H13ClFN3O/c1-9(10-6-7-13(18)12(17)8-10)19-16(22)15-11-4-2-3-5-14(11)20-21-15/h2-9H,1H3,(H,19,22)(H,20,21). The first-order chi connectivity index (χ1) is 10.6. The van der Waals surface area contributed by atoms with E-state index in [9.17, 15) is 9.18 Å². The Labute approximate surface area is 131 Å². The SMILES string of the molecule is CC(NC(=O)c1n[nH]c2ccccc12)c1ccc(F)c(Cl)c1. The summed E-state index contributed by atoms with van der Waals surface area (Å²) in [5.41, 5.74) is 1.85. The third kappa shape index (κ3) is 2.67. The van der Waals surface area contributed by atoms with Crippen LogP contribution in [0.2, 0.25) is 5.02 Å². The number of hydrogen-bond acceptors (Lipinski definition) is 2. The number of benzene rings is 2. The van der Waals surface area contributed by atoms with Crippen LogP contribution in [0.25, 0.3) is 10.9 Å². The molecule has 0 aliphatic heterocycles. The molecule has 3 aromatic rings. The molecule has 0 aliphatic carbocycles. The Morgan fingerprint density at radius 2 is 2.09 bits per heavy atom. The number of carbonyl (C=O) groups is 1. The zero-order chi connectivity index (χ0) is 15.7. The average Bonchev–Trinajstić information content (AvgIpc) is 2.94. The maximum absolute atomic E-state index is 13.2. The number of aromatic nitrogens is 2. The number of nitrogens with one attached hydrogen (secondary N) is 2. The van der Waals surface area contributed by atoms with Crippen LogP contribution in [0.4, 0.5) is 4.39 Å². The Kier molecular flexibility index (Phi) is 3.81. The molecule has 0 spiro atoms. The molecule has 1 atom stereocenters. The summed E-state index contributed by atoms with van der Waals surface area (Å²) in [4.78, 5) is 12.4. The molecule has 0 aliphatic rings. The fraction of sp³-hybridized carbons (Fsp3) is 0.125. The van der Waals surface area contributed by atoms with Crippen molar-refractivity contribution in [3.05, 3.63) is 64.6 Å². The smallest absolute Gasteiger partial charge is 0.272 e. The molecule has 3 rings (SSSR count). The van der Waals surface area contributed by atoms with E-state index < -0.39 is 5.82 Å². The van der Waals surface area contributed by atoms with Crippen LogP contribution in [0.1, 0.15) is 29.0 Å². The van der Waals surface area contributed by atoms with Crippen molar-refractivity contribution in [3.8, 4) is 0 Å². The third-order valence-electron chi connectivity index (χ3n) is 3.48. The minimum Gasteiger partial charge on any atom is -0.344 e. The number of para-hydroxylation sites is 1. The lowest BCUT2D eigenvalue weighted by Crippen LogP contribution is -2.27. The van der Waals surface area contributed by atoms with Gasteiger partial charge < -0.3 is 5.32 Å². The summed E-state index contributed by atoms with van der Waals surface area (Å²) in [5.74, 6) is -0.785. The number of halogens is 2. The predicted octanol–water partition coefficient (Wildman–Crippen LogP) is 3.85. The molecule has 22 heavy (non-hydrogen) atoms. The number of carbonyl (C=O) groups excluding carboxylic acids is 1. The lowest BCUT2D eigenvalue weighted by atomic mass is 10.1. The van der Waals surface area contributed by atoms with Crippen LogP contribution in [-0.4, -0.2) is 16.1 Å². The van der Waals surface area contributed by atoms with E-state index in [2.05, 4.69) is 15.5 Å². The summed E-state index contributed by atoms with van der Waals surface area (Å²) >= 11 is 5.77. The first-order valence-electron chi connectivity index (χ1n) is 6.75. The van der Waals surface area contributed by atoms with E-state index >= 15 is 0 Å². The summed E-state index contributed by atoms with van der Waals surface area (Å²) in [6.07, 6.45) is 0. The molecule has 0 bridgehead atoms. The molecule has 4 nitrogen and oxygen atoms in total. The van der Waals surface area contributed by atoms with Gasteiger partial charge in [0.2, 0.25) is 0 Å². The van der Waals surface area contributed by atoms with E-state index in [0.717, 1.165) is 16.5 Å². The highest BCUT2D eigenvalue weighted by atomic mass is 35.5. The maximum atomic E-state index is 13.2. The molecule has 2 aromatic carbocycles. The minimum absolute atomic E-state index is 0.0313. The molecule has 112 valence electrons. The van der Waals surface area contributed by atoms with Gasteiger partial charge in [-0.15, -0.1) is 0 Å². The number of fused-ring (bicyclic) bond motifs is 1. The molecular weight excluding hydrogens is 305 g/mol. The van der Waals surface area contributed by atoms with E-state index in [-0.39, 0.29) is 17.0 Å². The highest BCUT2D eigenvalue weighted by Crippen LogP contribution is 2.21. The number of rotatable bonds is 3. The Hall–Kier alpha value is -2.40. The van der Waals surface area contributed by atoms with Gasteiger partial charge in [0.25, 0.3) is 5.91 Å². The predicted molar refractivity (Wildman–Crippen MR) is 83.4 cm³/mol. The first-order valence-corrected chi connectivity index (χ1v) is 7.13. The topological polar surface area (TPSA) is 57.8 Å². The zero-order valence-electron chi connectivity index (χ0n) is 11.7. The molecule has 0 radical (unpaired) electrons. The Balaban J connectivity index is 1.83. The van der Waals surface area contributed by atoms with Crippen molar-refractivity contribution in [2.24, 2.45) is 0 Å². The number of amides is 1. The van der Waals surface area contributed by atoms with Gasteiger partial charge in [-0.2, -0.15) is 5.10 Å². The maximum Gasteiger partial charge on any atom is 0.272 e. The molecule has 6 heteroatoms. The van der Waals surface area contributed by atoms with Crippen molar-refractivity contribution in [2.75, 3.05) is 0 Å². The Morgan fingerprint density at radius 3 is 2.86 bits per heavy atom. The van der Waals surface area contributed by atoms with Crippen molar-refractivity contribution in [3.63, 3.8) is 0 Å². The third-order valence-corrected chi connectivity index (χ3v) is 3.77. The van der Waals surface area contributed by atoms with Gasteiger partial charge in [-0.25, -0.2) is 4.39 Å². The highest BCUT2D eigenvalue weighted by molar-refractivity contribution is 6.30. The average molecular weight is 318 g/mol. The monoisotopic (exact) mass is 317 g/mol. The van der Waals surface area contributed by atoms with Crippen LogP contribution in [0.5, 0.6) is 0 Å². The fourth-order valence-electron chi connectivity index (χ4n) is 2.27. The summed E-state index contributed by atoms with van der Waals surface area (Å²) in [5, 5.41) is 10.5. The quantitative estimate of drug-likeness (QED) is 0.771. The Bertz CT molecular complexity index is 846. The van der Waals surface area contributed by atoms with E-state index in [4.69, 9.17) is 11.6 Å². The van der Waals surface area contributed by atoms with Crippen molar-refractivity contribution in [1.29, 1.82) is 0 Å². The fourth-order valence-corrected chi connectivity index (χ4v) is 2.46. The second kappa shape index (κ2) is 5.77. The minimum atomic E-state index is -0.484. The molecule has 1 aromatic heterocycles. The van der Waals surface area contributed by atoms with E-state index in [1.54, 1.807) is 13.0 Å². The Morgan fingerprint density at radius 1 is 1.32 bits per heavy atom. The van der Waals surface area contributed by atoms with Crippen molar-refractivity contribution in [1.82, 2.24) is 15.5 Å². The van der Waals surface area contributed by atoms with Gasteiger partial charge in [-0.3, -0.25) is 9.89 Å². The number of aromatic amines is 1. The number of H-pyrrole nitrogens is 1.